The number of ether oxygens (including phenoxy) is 2. The molecule has 2 N–H and O–H groups in total. The van der Waals surface area contributed by atoms with Crippen LogP contribution in [0.15, 0.2) is 66.7 Å². The zero-order chi connectivity index (χ0) is 22.9. The lowest BCUT2D eigenvalue weighted by Gasteiger charge is -2.09. The Balaban J connectivity index is 1.41. The molecule has 0 bridgehead atoms. The van der Waals surface area contributed by atoms with Crippen LogP contribution in [0.4, 0.5) is 11.4 Å². The lowest BCUT2D eigenvalue weighted by molar-refractivity contribution is -0.147. The molecule has 3 aromatic rings. The van der Waals surface area contributed by atoms with Gasteiger partial charge in [0.1, 0.15) is 0 Å². The first kappa shape index (κ1) is 22.5. The fraction of sp³-hybridized carbons (Fsp3) is 0.167. The Morgan fingerprint density at radius 1 is 0.781 bits per heavy atom. The summed E-state index contributed by atoms with van der Waals surface area (Å²) in [6.07, 6.45) is -0.226. The molecule has 0 saturated carbocycles. The predicted octanol–water partition coefficient (Wildman–Crippen LogP) is 3.53. The molecular weight excluding hydrogens is 412 g/mol. The summed E-state index contributed by atoms with van der Waals surface area (Å²) in [7, 11) is 1.28. The molecule has 0 aliphatic rings. The Morgan fingerprint density at radius 2 is 1.50 bits per heavy atom. The third kappa shape index (κ3) is 6.15. The number of fused-ring (bicyclic) bond motifs is 1. The molecule has 0 radical (unpaired) electrons. The van der Waals surface area contributed by atoms with Crippen LogP contribution in [0.25, 0.3) is 10.8 Å². The molecule has 0 spiro atoms. The summed E-state index contributed by atoms with van der Waals surface area (Å²) < 4.78 is 9.52. The number of esters is 2. The van der Waals surface area contributed by atoms with Crippen molar-refractivity contribution in [2.75, 3.05) is 24.4 Å². The molecule has 0 unspecified atom stereocenters. The summed E-state index contributed by atoms with van der Waals surface area (Å²) >= 11 is 0. The first-order valence-corrected chi connectivity index (χ1v) is 9.88. The van der Waals surface area contributed by atoms with Crippen LogP contribution in [0.1, 0.15) is 23.2 Å². The van der Waals surface area contributed by atoms with Crippen LogP contribution in [0, 0.1) is 0 Å². The number of carbonyl (C=O) groups is 4. The zero-order valence-corrected chi connectivity index (χ0v) is 17.4. The molecule has 0 aromatic heterocycles. The molecule has 0 saturated heterocycles. The van der Waals surface area contributed by atoms with Crippen molar-refractivity contribution in [2.45, 2.75) is 12.8 Å². The molecule has 32 heavy (non-hydrogen) atoms. The lowest BCUT2D eigenvalue weighted by Crippen LogP contribution is -2.21. The van der Waals surface area contributed by atoms with E-state index in [0.717, 1.165) is 10.8 Å². The van der Waals surface area contributed by atoms with Gasteiger partial charge in [-0.2, -0.15) is 0 Å². The van der Waals surface area contributed by atoms with Crippen molar-refractivity contribution in [3.05, 3.63) is 72.3 Å². The van der Waals surface area contributed by atoms with Gasteiger partial charge in [0, 0.05) is 23.2 Å². The molecule has 164 valence electrons. The summed E-state index contributed by atoms with van der Waals surface area (Å²) in [4.78, 5) is 47.4. The van der Waals surface area contributed by atoms with E-state index in [4.69, 9.17) is 4.74 Å². The number of methoxy groups -OCH3 is 1. The molecule has 8 heteroatoms. The minimum Gasteiger partial charge on any atom is -0.465 e. The second kappa shape index (κ2) is 10.7. The number of nitrogens with one attached hydrogen (secondary N) is 2. The highest BCUT2D eigenvalue weighted by molar-refractivity contribution is 6.02. The zero-order valence-electron chi connectivity index (χ0n) is 17.4. The van der Waals surface area contributed by atoms with Crippen molar-refractivity contribution < 1.29 is 28.7 Å². The highest BCUT2D eigenvalue weighted by Gasteiger charge is 2.12. The van der Waals surface area contributed by atoms with Crippen LogP contribution in [0.3, 0.4) is 0 Å². The van der Waals surface area contributed by atoms with Crippen LogP contribution < -0.4 is 10.6 Å². The number of benzene rings is 3. The van der Waals surface area contributed by atoms with Crippen LogP contribution >= 0.6 is 0 Å². The Labute approximate surface area is 184 Å². The smallest absolute Gasteiger partial charge is 0.337 e. The third-order valence-corrected chi connectivity index (χ3v) is 4.57. The minimum absolute atomic E-state index is 0.0708. The van der Waals surface area contributed by atoms with Gasteiger partial charge in [-0.3, -0.25) is 14.4 Å². The van der Waals surface area contributed by atoms with Crippen LogP contribution in [-0.4, -0.2) is 37.5 Å². The van der Waals surface area contributed by atoms with Crippen LogP contribution in [-0.2, 0) is 23.9 Å². The van der Waals surface area contributed by atoms with Gasteiger partial charge >= 0.3 is 11.9 Å². The van der Waals surface area contributed by atoms with E-state index in [0.29, 0.717) is 16.9 Å². The monoisotopic (exact) mass is 434 g/mol. The average Bonchev–Trinajstić information content (AvgIpc) is 2.81. The second-order valence-electron chi connectivity index (χ2n) is 6.85. The number of hydrogen-bond acceptors (Lipinski definition) is 6. The summed E-state index contributed by atoms with van der Waals surface area (Å²) in [5, 5.41) is 7.24. The van der Waals surface area contributed by atoms with Gasteiger partial charge in [0.25, 0.3) is 5.91 Å². The van der Waals surface area contributed by atoms with E-state index in [9.17, 15) is 19.2 Å². The molecule has 0 fully saturated rings. The standard InChI is InChI=1S/C24H22N2O6/c1-31-24(30)17-9-11-18(12-10-17)25-22(28)15-32-23(29)14-13-21(27)26-20-8-4-6-16-5-2-3-7-19(16)20/h2-12H,13-15H2,1H3,(H,25,28)(H,26,27). The number of rotatable bonds is 8. The summed E-state index contributed by atoms with van der Waals surface area (Å²) in [6.45, 7) is -0.484. The first-order valence-electron chi connectivity index (χ1n) is 9.88. The molecule has 2 amide bonds. The Hall–Kier alpha value is -4.20. The second-order valence-corrected chi connectivity index (χ2v) is 6.85. The van der Waals surface area contributed by atoms with Gasteiger partial charge in [-0.25, -0.2) is 4.79 Å². The van der Waals surface area contributed by atoms with Gasteiger partial charge in [0.15, 0.2) is 6.61 Å². The van der Waals surface area contributed by atoms with Crippen molar-refractivity contribution >= 4 is 45.9 Å². The summed E-state index contributed by atoms with van der Waals surface area (Å²) in [5.74, 6) is -2.01. The Bertz CT molecular complexity index is 1140. The van der Waals surface area contributed by atoms with E-state index in [-0.39, 0.29) is 18.7 Å². The van der Waals surface area contributed by atoms with Gasteiger partial charge in [0.2, 0.25) is 5.91 Å². The van der Waals surface area contributed by atoms with E-state index in [1.807, 2.05) is 36.4 Å². The molecule has 0 heterocycles. The van der Waals surface area contributed by atoms with Crippen molar-refractivity contribution in [1.82, 2.24) is 0 Å². The fourth-order valence-electron chi connectivity index (χ4n) is 2.99. The molecule has 0 aliphatic carbocycles. The van der Waals surface area contributed by atoms with Gasteiger partial charge in [-0.15, -0.1) is 0 Å². The maximum atomic E-state index is 12.2. The number of anilines is 2. The fourth-order valence-corrected chi connectivity index (χ4v) is 2.99. The van der Waals surface area contributed by atoms with Gasteiger partial charge in [-0.05, 0) is 35.7 Å². The number of hydrogen-bond donors (Lipinski definition) is 2. The maximum Gasteiger partial charge on any atom is 0.337 e. The number of amides is 2. The SMILES string of the molecule is COC(=O)c1ccc(NC(=O)COC(=O)CCC(=O)Nc2cccc3ccccc23)cc1. The van der Waals surface area contributed by atoms with E-state index in [2.05, 4.69) is 15.4 Å². The molecule has 3 rings (SSSR count). The predicted molar refractivity (Wildman–Crippen MR) is 119 cm³/mol. The van der Waals surface area contributed by atoms with Gasteiger partial charge in [0.05, 0.1) is 19.1 Å². The van der Waals surface area contributed by atoms with Crippen LogP contribution in [0.2, 0.25) is 0 Å². The third-order valence-electron chi connectivity index (χ3n) is 4.57. The topological polar surface area (TPSA) is 111 Å². The van der Waals surface area contributed by atoms with E-state index < -0.39 is 24.5 Å². The molecule has 0 aliphatic heterocycles. The van der Waals surface area contributed by atoms with Gasteiger partial charge < -0.3 is 20.1 Å². The maximum absolute atomic E-state index is 12.2. The molecule has 0 atom stereocenters. The lowest BCUT2D eigenvalue weighted by atomic mass is 10.1. The summed E-state index contributed by atoms with van der Waals surface area (Å²) in [5.41, 5.74) is 1.45. The van der Waals surface area contributed by atoms with E-state index >= 15 is 0 Å². The molecule has 8 nitrogen and oxygen atoms in total. The van der Waals surface area contributed by atoms with Crippen molar-refractivity contribution in [2.24, 2.45) is 0 Å². The van der Waals surface area contributed by atoms with Gasteiger partial charge in [-0.1, -0.05) is 36.4 Å². The van der Waals surface area contributed by atoms with Crippen molar-refractivity contribution in [3.8, 4) is 0 Å². The van der Waals surface area contributed by atoms with Crippen molar-refractivity contribution in [1.29, 1.82) is 0 Å². The Kier molecular flexibility index (Phi) is 7.53. The van der Waals surface area contributed by atoms with E-state index in [1.54, 1.807) is 6.07 Å². The molecular formula is C24H22N2O6. The Morgan fingerprint density at radius 3 is 2.25 bits per heavy atom. The van der Waals surface area contributed by atoms with Crippen molar-refractivity contribution in [3.63, 3.8) is 0 Å². The quantitative estimate of drug-likeness (QED) is 0.525. The number of carbonyl (C=O) groups excluding carboxylic acids is 4. The minimum atomic E-state index is -0.658. The molecule has 3 aromatic carbocycles. The average molecular weight is 434 g/mol. The normalized spacial score (nSPS) is 10.3. The van der Waals surface area contributed by atoms with Crippen LogP contribution in [0.5, 0.6) is 0 Å². The summed E-state index contributed by atoms with van der Waals surface area (Å²) in [6, 6.07) is 19.3. The first-order chi connectivity index (χ1) is 15.5. The van der Waals surface area contributed by atoms with E-state index in [1.165, 1.54) is 31.4 Å². The largest absolute Gasteiger partial charge is 0.465 e. The highest BCUT2D eigenvalue weighted by Crippen LogP contribution is 2.23. The highest BCUT2D eigenvalue weighted by atomic mass is 16.5.